The number of nitrogens with one attached hydrogen (secondary N) is 1. The highest BCUT2D eigenvalue weighted by atomic mass is 16.5. The van der Waals surface area contributed by atoms with Gasteiger partial charge in [-0.2, -0.15) is 5.48 Å². The molecule has 0 saturated carbocycles. The van der Waals surface area contributed by atoms with Gasteiger partial charge in [-0.05, 0) is 19.1 Å². The Bertz CT molecular complexity index is 286. The van der Waals surface area contributed by atoms with Crippen molar-refractivity contribution in [1.82, 2.24) is 10.5 Å². The van der Waals surface area contributed by atoms with Gasteiger partial charge in [-0.3, -0.25) is 4.98 Å². The third kappa shape index (κ3) is 2.70. The van der Waals surface area contributed by atoms with Gasteiger partial charge in [-0.25, -0.2) is 0 Å². The molecule has 1 radical (unpaired) electrons. The van der Waals surface area contributed by atoms with Gasteiger partial charge < -0.3 is 5.21 Å². The van der Waals surface area contributed by atoms with E-state index < -0.39 is 6.04 Å². The Hall–Kier alpha value is -1.37. The zero-order valence-corrected chi connectivity index (χ0v) is 6.49. The van der Waals surface area contributed by atoms with Gasteiger partial charge >= 0.3 is 0 Å². The first-order chi connectivity index (χ1) is 5.83. The molecule has 2 N–H and O–H groups in total. The van der Waals surface area contributed by atoms with E-state index in [4.69, 9.17) is 5.21 Å². The normalized spacial score (nSPS) is 11.5. The van der Waals surface area contributed by atoms with Crippen LogP contribution in [0.2, 0.25) is 0 Å². The van der Waals surface area contributed by atoms with Crippen molar-refractivity contribution in [2.45, 2.75) is 6.04 Å². The number of aromatic nitrogens is 1. The van der Waals surface area contributed by atoms with Crippen molar-refractivity contribution in [2.75, 3.05) is 0 Å². The van der Waals surface area contributed by atoms with Crippen molar-refractivity contribution in [3.63, 3.8) is 0 Å². The molecule has 1 atom stereocenters. The van der Waals surface area contributed by atoms with E-state index >= 15 is 0 Å². The molecular weight excluding hydrogens is 152 g/mol. The van der Waals surface area contributed by atoms with Crippen LogP contribution in [0.15, 0.2) is 24.5 Å². The molecule has 0 spiro atoms. The molecule has 1 aromatic heterocycles. The number of pyridine rings is 1. The van der Waals surface area contributed by atoms with Crippen LogP contribution in [0.3, 0.4) is 0 Å². The van der Waals surface area contributed by atoms with E-state index in [2.05, 4.69) is 23.7 Å². The predicted molar refractivity (Wildman–Crippen MR) is 45.2 cm³/mol. The standard InChI is InChI=1S/C9H9N2O/c1-8(11-12)4-5-9-3-2-6-10-7-9/h2-3,6-8,11-12H,1H2. The van der Waals surface area contributed by atoms with Crippen LogP contribution in [0.25, 0.3) is 0 Å². The van der Waals surface area contributed by atoms with Gasteiger partial charge in [0.05, 0.1) is 6.04 Å². The van der Waals surface area contributed by atoms with Crippen LogP contribution < -0.4 is 5.48 Å². The van der Waals surface area contributed by atoms with Crippen LogP contribution >= 0.6 is 0 Å². The lowest BCUT2D eigenvalue weighted by Gasteiger charge is -1.95. The molecule has 1 rings (SSSR count). The first-order valence-corrected chi connectivity index (χ1v) is 3.47. The van der Waals surface area contributed by atoms with Crippen LogP contribution in [-0.4, -0.2) is 16.2 Å². The van der Waals surface area contributed by atoms with Crippen molar-refractivity contribution < 1.29 is 5.21 Å². The Kier molecular flexibility index (Phi) is 3.27. The fraction of sp³-hybridized carbons (Fsp3) is 0.111. The lowest BCUT2D eigenvalue weighted by molar-refractivity contribution is 0.160. The quantitative estimate of drug-likeness (QED) is 0.468. The predicted octanol–water partition coefficient (Wildman–Crippen LogP) is 0.615. The van der Waals surface area contributed by atoms with Crippen LogP contribution in [0.4, 0.5) is 0 Å². The lowest BCUT2D eigenvalue weighted by atomic mass is 10.2. The van der Waals surface area contributed by atoms with Gasteiger partial charge in [-0.15, -0.1) is 0 Å². The van der Waals surface area contributed by atoms with Crippen LogP contribution in [-0.2, 0) is 0 Å². The molecule has 1 heterocycles. The SMILES string of the molecule is [CH2]C(C#Cc1cccnc1)NO. The molecule has 0 aliphatic heterocycles. The Labute approximate surface area is 71.4 Å². The maximum absolute atomic E-state index is 8.38. The van der Waals surface area contributed by atoms with Crippen molar-refractivity contribution in [3.05, 3.63) is 37.0 Å². The third-order valence-electron chi connectivity index (χ3n) is 1.21. The molecule has 0 amide bonds. The smallest absolute Gasteiger partial charge is 0.0930 e. The van der Waals surface area contributed by atoms with Gasteiger partial charge in [0.1, 0.15) is 0 Å². The summed E-state index contributed by atoms with van der Waals surface area (Å²) in [6, 6.07) is 3.17. The number of rotatable bonds is 1. The molecule has 0 aliphatic rings. The largest absolute Gasteiger partial charge is 0.316 e. The fourth-order valence-corrected chi connectivity index (χ4v) is 0.639. The molecule has 0 aromatic carbocycles. The second-order valence-electron chi connectivity index (χ2n) is 2.19. The fourth-order valence-electron chi connectivity index (χ4n) is 0.639. The molecule has 61 valence electrons. The summed E-state index contributed by atoms with van der Waals surface area (Å²) in [6.45, 7) is 3.52. The van der Waals surface area contributed by atoms with E-state index in [9.17, 15) is 0 Å². The maximum Gasteiger partial charge on any atom is 0.0930 e. The Morgan fingerprint density at radius 2 is 2.50 bits per heavy atom. The van der Waals surface area contributed by atoms with E-state index in [0.717, 1.165) is 5.56 Å². The summed E-state index contributed by atoms with van der Waals surface area (Å²) in [4.78, 5) is 3.88. The summed E-state index contributed by atoms with van der Waals surface area (Å²) in [7, 11) is 0. The molecule has 1 unspecified atom stereocenters. The molecule has 1 aromatic rings. The van der Waals surface area contributed by atoms with Crippen molar-refractivity contribution in [3.8, 4) is 11.8 Å². The van der Waals surface area contributed by atoms with E-state index in [1.165, 1.54) is 0 Å². The highest BCUT2D eigenvalue weighted by Gasteiger charge is 1.89. The van der Waals surface area contributed by atoms with Crippen LogP contribution in [0.1, 0.15) is 5.56 Å². The minimum Gasteiger partial charge on any atom is -0.316 e. The monoisotopic (exact) mass is 161 g/mol. The number of hydrogen-bond acceptors (Lipinski definition) is 3. The average Bonchev–Trinajstić information content (AvgIpc) is 2.16. The van der Waals surface area contributed by atoms with Crippen molar-refractivity contribution >= 4 is 0 Å². The molecule has 12 heavy (non-hydrogen) atoms. The summed E-state index contributed by atoms with van der Waals surface area (Å²) < 4.78 is 0. The van der Waals surface area contributed by atoms with Crippen molar-refractivity contribution in [1.29, 1.82) is 0 Å². The minimum absolute atomic E-state index is 0.467. The zero-order chi connectivity index (χ0) is 8.81. The van der Waals surface area contributed by atoms with Gasteiger partial charge in [-0.1, -0.05) is 11.8 Å². The van der Waals surface area contributed by atoms with E-state index in [1.807, 2.05) is 11.5 Å². The number of hydroxylamine groups is 1. The second-order valence-corrected chi connectivity index (χ2v) is 2.19. The summed E-state index contributed by atoms with van der Waals surface area (Å²) >= 11 is 0. The first-order valence-electron chi connectivity index (χ1n) is 3.47. The molecule has 3 heteroatoms. The van der Waals surface area contributed by atoms with Crippen LogP contribution in [0.5, 0.6) is 0 Å². The molecule has 0 saturated heterocycles. The van der Waals surface area contributed by atoms with Gasteiger partial charge in [0.15, 0.2) is 0 Å². The Morgan fingerprint density at radius 1 is 1.67 bits per heavy atom. The minimum atomic E-state index is -0.467. The zero-order valence-electron chi connectivity index (χ0n) is 6.49. The molecule has 0 bridgehead atoms. The molecule has 0 aliphatic carbocycles. The van der Waals surface area contributed by atoms with Crippen molar-refractivity contribution in [2.24, 2.45) is 0 Å². The lowest BCUT2D eigenvalue weighted by Crippen LogP contribution is -2.19. The first kappa shape index (κ1) is 8.72. The summed E-state index contributed by atoms with van der Waals surface area (Å²) in [6.07, 6.45) is 3.33. The average molecular weight is 161 g/mol. The third-order valence-corrected chi connectivity index (χ3v) is 1.21. The number of nitrogens with zero attached hydrogens (tertiary/aromatic N) is 1. The molecule has 0 fully saturated rings. The van der Waals surface area contributed by atoms with Gasteiger partial charge in [0, 0.05) is 18.0 Å². The Balaban J connectivity index is 2.67. The highest BCUT2D eigenvalue weighted by Crippen LogP contribution is 1.91. The summed E-state index contributed by atoms with van der Waals surface area (Å²) in [5.41, 5.74) is 2.74. The molecular formula is C9H9N2O. The Morgan fingerprint density at radius 3 is 3.08 bits per heavy atom. The summed E-state index contributed by atoms with van der Waals surface area (Å²) in [5, 5.41) is 8.38. The second kappa shape index (κ2) is 4.50. The maximum atomic E-state index is 8.38. The van der Waals surface area contributed by atoms with Crippen LogP contribution in [0, 0.1) is 18.8 Å². The van der Waals surface area contributed by atoms with Gasteiger partial charge in [0.25, 0.3) is 0 Å². The highest BCUT2D eigenvalue weighted by molar-refractivity contribution is 5.32. The van der Waals surface area contributed by atoms with E-state index in [0.29, 0.717) is 0 Å². The van der Waals surface area contributed by atoms with E-state index in [-0.39, 0.29) is 0 Å². The topological polar surface area (TPSA) is 45.2 Å². The van der Waals surface area contributed by atoms with E-state index in [1.54, 1.807) is 18.5 Å². The summed E-state index contributed by atoms with van der Waals surface area (Å²) in [5.74, 6) is 5.48. The van der Waals surface area contributed by atoms with Gasteiger partial charge in [0.2, 0.25) is 0 Å². The number of hydrogen-bond donors (Lipinski definition) is 2. The molecule has 3 nitrogen and oxygen atoms in total.